The lowest BCUT2D eigenvalue weighted by molar-refractivity contribution is 0.597. The molecule has 0 unspecified atom stereocenters. The van der Waals surface area contributed by atoms with E-state index in [0.29, 0.717) is 33.3 Å². The Kier molecular flexibility index (Phi) is 5.24. The van der Waals surface area contributed by atoms with Crippen molar-refractivity contribution in [2.75, 3.05) is 11.5 Å². The molecule has 0 fully saturated rings. The third-order valence-electron chi connectivity index (χ3n) is 3.83. The van der Waals surface area contributed by atoms with E-state index in [-0.39, 0.29) is 11.3 Å². The van der Waals surface area contributed by atoms with Crippen LogP contribution in [-0.2, 0) is 16.4 Å². The molecular formula is C18H18N2O3S2. The van der Waals surface area contributed by atoms with Gasteiger partial charge in [0, 0.05) is 12.3 Å². The molecule has 130 valence electrons. The van der Waals surface area contributed by atoms with Crippen LogP contribution in [0.5, 0.6) is 0 Å². The van der Waals surface area contributed by atoms with Gasteiger partial charge in [0.05, 0.1) is 21.6 Å². The van der Waals surface area contributed by atoms with Crippen LogP contribution < -0.4 is 5.56 Å². The zero-order chi connectivity index (χ0) is 17.9. The van der Waals surface area contributed by atoms with E-state index >= 15 is 0 Å². The van der Waals surface area contributed by atoms with Crippen LogP contribution in [0.2, 0.25) is 0 Å². The Hall–Kier alpha value is -2.12. The highest BCUT2D eigenvalue weighted by Crippen LogP contribution is 2.19. The van der Waals surface area contributed by atoms with Crippen LogP contribution in [0.4, 0.5) is 0 Å². The zero-order valence-corrected chi connectivity index (χ0v) is 15.4. The van der Waals surface area contributed by atoms with Gasteiger partial charge in [0.15, 0.2) is 15.0 Å². The van der Waals surface area contributed by atoms with Crippen molar-refractivity contribution in [1.82, 2.24) is 9.55 Å². The minimum atomic E-state index is -3.34. The summed E-state index contributed by atoms with van der Waals surface area (Å²) in [5, 5.41) is 1.13. The summed E-state index contributed by atoms with van der Waals surface area (Å²) in [6.45, 7) is 2.37. The van der Waals surface area contributed by atoms with Crippen molar-refractivity contribution in [2.24, 2.45) is 0 Å². The molecule has 0 spiro atoms. The number of thioether (sulfide) groups is 1. The lowest BCUT2D eigenvalue weighted by atomic mass is 10.2. The van der Waals surface area contributed by atoms with E-state index in [9.17, 15) is 13.2 Å². The quantitative estimate of drug-likeness (QED) is 0.490. The monoisotopic (exact) mass is 374 g/mol. The Labute approximate surface area is 150 Å². The van der Waals surface area contributed by atoms with Gasteiger partial charge in [0.25, 0.3) is 5.56 Å². The molecule has 0 saturated carbocycles. The summed E-state index contributed by atoms with van der Waals surface area (Å²) in [7, 11) is -3.34. The minimum Gasteiger partial charge on any atom is -0.287 e. The first-order valence-electron chi connectivity index (χ1n) is 7.93. The SMILES string of the molecule is CCn1c(SCCS(=O)(=O)c2ccccc2)nc2ccccc2c1=O. The van der Waals surface area contributed by atoms with E-state index in [1.807, 2.05) is 19.1 Å². The fourth-order valence-corrected chi connectivity index (χ4v) is 5.26. The summed E-state index contributed by atoms with van der Waals surface area (Å²) in [5.74, 6) is 0.329. The van der Waals surface area contributed by atoms with Gasteiger partial charge in [-0.2, -0.15) is 0 Å². The number of fused-ring (bicyclic) bond motifs is 1. The van der Waals surface area contributed by atoms with Crippen LogP contribution >= 0.6 is 11.8 Å². The summed E-state index contributed by atoms with van der Waals surface area (Å²) in [4.78, 5) is 17.4. The largest absolute Gasteiger partial charge is 0.287 e. The zero-order valence-electron chi connectivity index (χ0n) is 13.8. The lowest BCUT2D eigenvalue weighted by Gasteiger charge is -2.11. The van der Waals surface area contributed by atoms with Crippen molar-refractivity contribution in [2.45, 2.75) is 23.5 Å². The number of rotatable bonds is 6. The van der Waals surface area contributed by atoms with E-state index in [4.69, 9.17) is 0 Å². The second-order valence-electron chi connectivity index (χ2n) is 5.44. The second kappa shape index (κ2) is 7.41. The van der Waals surface area contributed by atoms with Crippen LogP contribution in [0.25, 0.3) is 10.9 Å². The first-order chi connectivity index (χ1) is 12.0. The third-order valence-corrected chi connectivity index (χ3v) is 6.80. The molecular weight excluding hydrogens is 356 g/mol. The maximum atomic E-state index is 12.6. The maximum Gasteiger partial charge on any atom is 0.262 e. The summed E-state index contributed by atoms with van der Waals surface area (Å²) < 4.78 is 26.3. The molecule has 25 heavy (non-hydrogen) atoms. The summed E-state index contributed by atoms with van der Waals surface area (Å²) in [5.41, 5.74) is 0.534. The first kappa shape index (κ1) is 17.7. The van der Waals surface area contributed by atoms with E-state index in [1.165, 1.54) is 11.8 Å². The molecule has 1 aromatic heterocycles. The van der Waals surface area contributed by atoms with Crippen LogP contribution in [0, 0.1) is 0 Å². The van der Waals surface area contributed by atoms with Crippen molar-refractivity contribution in [3.8, 4) is 0 Å². The Balaban J connectivity index is 1.83. The highest BCUT2D eigenvalue weighted by atomic mass is 32.2. The molecule has 1 heterocycles. The van der Waals surface area contributed by atoms with Gasteiger partial charge in [-0.3, -0.25) is 9.36 Å². The number of para-hydroxylation sites is 1. The smallest absolute Gasteiger partial charge is 0.262 e. The Morgan fingerprint density at radius 1 is 1.04 bits per heavy atom. The van der Waals surface area contributed by atoms with Gasteiger partial charge in [-0.05, 0) is 31.2 Å². The highest BCUT2D eigenvalue weighted by Gasteiger charge is 2.15. The van der Waals surface area contributed by atoms with Crippen LogP contribution in [0.1, 0.15) is 6.92 Å². The summed E-state index contributed by atoms with van der Waals surface area (Å²) in [6.07, 6.45) is 0. The molecule has 0 amide bonds. The Bertz CT molecular complexity index is 1040. The molecule has 0 N–H and O–H groups in total. The van der Waals surface area contributed by atoms with E-state index < -0.39 is 9.84 Å². The molecule has 0 radical (unpaired) electrons. The van der Waals surface area contributed by atoms with Gasteiger partial charge >= 0.3 is 0 Å². The fourth-order valence-electron chi connectivity index (χ4n) is 2.53. The van der Waals surface area contributed by atoms with Crippen molar-refractivity contribution in [3.63, 3.8) is 0 Å². The van der Waals surface area contributed by atoms with Crippen LogP contribution in [0.15, 0.2) is 69.4 Å². The maximum absolute atomic E-state index is 12.6. The van der Waals surface area contributed by atoms with Crippen molar-refractivity contribution in [1.29, 1.82) is 0 Å². The van der Waals surface area contributed by atoms with Gasteiger partial charge in [-0.15, -0.1) is 0 Å². The average molecular weight is 374 g/mol. The van der Waals surface area contributed by atoms with Crippen molar-refractivity contribution < 1.29 is 8.42 Å². The molecule has 0 aliphatic carbocycles. The first-order valence-corrected chi connectivity index (χ1v) is 10.6. The van der Waals surface area contributed by atoms with Gasteiger partial charge in [0.2, 0.25) is 0 Å². The topological polar surface area (TPSA) is 69.0 Å². The Morgan fingerprint density at radius 3 is 2.44 bits per heavy atom. The normalized spacial score (nSPS) is 11.7. The molecule has 7 heteroatoms. The van der Waals surface area contributed by atoms with Crippen molar-refractivity contribution >= 4 is 32.5 Å². The molecule has 0 saturated heterocycles. The minimum absolute atomic E-state index is 0.00586. The van der Waals surface area contributed by atoms with Gasteiger partial charge in [0.1, 0.15) is 0 Å². The summed E-state index contributed by atoms with van der Waals surface area (Å²) >= 11 is 1.29. The summed E-state index contributed by atoms with van der Waals surface area (Å²) in [6, 6.07) is 15.6. The van der Waals surface area contributed by atoms with Crippen LogP contribution in [-0.4, -0.2) is 29.5 Å². The molecule has 0 aliphatic heterocycles. The average Bonchev–Trinajstić information content (AvgIpc) is 2.63. The molecule has 2 aromatic carbocycles. The molecule has 0 aliphatic rings. The van der Waals surface area contributed by atoms with Gasteiger partial charge in [-0.25, -0.2) is 13.4 Å². The number of hydrogen-bond donors (Lipinski definition) is 0. The predicted molar refractivity (Wildman–Crippen MR) is 101 cm³/mol. The van der Waals surface area contributed by atoms with E-state index in [1.54, 1.807) is 47.0 Å². The molecule has 5 nitrogen and oxygen atoms in total. The van der Waals surface area contributed by atoms with Gasteiger partial charge in [-0.1, -0.05) is 42.1 Å². The molecule has 3 rings (SSSR count). The van der Waals surface area contributed by atoms with Crippen molar-refractivity contribution in [3.05, 3.63) is 65.0 Å². The molecule has 3 aromatic rings. The van der Waals surface area contributed by atoms with Crippen LogP contribution in [0.3, 0.4) is 0 Å². The number of benzene rings is 2. The molecule has 0 atom stereocenters. The van der Waals surface area contributed by atoms with E-state index in [0.717, 1.165) is 0 Å². The standard InChI is InChI=1S/C18H18N2O3S2/c1-2-20-17(21)15-10-6-7-11-16(15)19-18(20)24-12-13-25(22,23)14-8-4-3-5-9-14/h3-11H,2,12-13H2,1H3. The number of nitrogens with zero attached hydrogens (tertiary/aromatic N) is 2. The third kappa shape index (κ3) is 3.77. The lowest BCUT2D eigenvalue weighted by Crippen LogP contribution is -2.22. The van der Waals surface area contributed by atoms with E-state index in [2.05, 4.69) is 4.98 Å². The Morgan fingerprint density at radius 2 is 1.72 bits per heavy atom. The second-order valence-corrected chi connectivity index (χ2v) is 8.61. The predicted octanol–water partition coefficient (Wildman–Crippen LogP) is 2.98. The van der Waals surface area contributed by atoms with Gasteiger partial charge < -0.3 is 0 Å². The molecule has 0 bridgehead atoms. The fraction of sp³-hybridized carbons (Fsp3) is 0.222. The number of hydrogen-bond acceptors (Lipinski definition) is 5. The number of aromatic nitrogens is 2. The number of sulfone groups is 1. The highest BCUT2D eigenvalue weighted by molar-refractivity contribution is 8.00.